The van der Waals surface area contributed by atoms with E-state index in [0.717, 1.165) is 31.3 Å². The van der Waals surface area contributed by atoms with Gasteiger partial charge in [-0.2, -0.15) is 0 Å². The van der Waals surface area contributed by atoms with E-state index in [-0.39, 0.29) is 0 Å². The molecule has 6 aromatic carbocycles. The zero-order chi connectivity index (χ0) is 23.9. The summed E-state index contributed by atoms with van der Waals surface area (Å²) < 4.78 is 2.18. The number of benzene rings is 6. The quantitative estimate of drug-likeness (QED) is 0.172. The van der Waals surface area contributed by atoms with Gasteiger partial charge in [-0.3, -0.25) is 0 Å². The SMILES string of the molecule is BrCc1ccc2cc(N(c3ccc4cc(Br)ccc4c3)c3ccc4cc(Br)ccc4c3)ccc2c1. The van der Waals surface area contributed by atoms with Crippen LogP contribution in [0.1, 0.15) is 5.56 Å². The highest BCUT2D eigenvalue weighted by Crippen LogP contribution is 2.39. The number of rotatable bonds is 4. The third kappa shape index (κ3) is 4.51. The molecule has 0 radical (unpaired) electrons. The van der Waals surface area contributed by atoms with Crippen LogP contribution in [-0.2, 0) is 5.33 Å². The molecule has 4 heteroatoms. The van der Waals surface area contributed by atoms with Gasteiger partial charge in [0.05, 0.1) is 0 Å². The lowest BCUT2D eigenvalue weighted by Crippen LogP contribution is -2.10. The Morgan fingerprint density at radius 1 is 0.429 bits per heavy atom. The van der Waals surface area contributed by atoms with E-state index in [9.17, 15) is 0 Å². The molecule has 0 atom stereocenters. The van der Waals surface area contributed by atoms with Crippen molar-refractivity contribution in [2.45, 2.75) is 5.33 Å². The molecular formula is C31H20Br3N. The van der Waals surface area contributed by atoms with Gasteiger partial charge in [-0.1, -0.05) is 96.3 Å². The van der Waals surface area contributed by atoms with E-state index >= 15 is 0 Å². The van der Waals surface area contributed by atoms with Gasteiger partial charge in [0.25, 0.3) is 0 Å². The van der Waals surface area contributed by atoms with Crippen molar-refractivity contribution in [3.05, 3.63) is 124 Å². The van der Waals surface area contributed by atoms with Crippen LogP contribution in [0.4, 0.5) is 17.1 Å². The van der Waals surface area contributed by atoms with E-state index in [4.69, 9.17) is 0 Å². The molecule has 170 valence electrons. The molecule has 0 aliphatic rings. The number of nitrogens with zero attached hydrogens (tertiary/aromatic N) is 1. The lowest BCUT2D eigenvalue weighted by molar-refractivity contribution is 1.30. The molecule has 0 saturated heterocycles. The molecule has 1 nitrogen and oxygen atoms in total. The minimum absolute atomic E-state index is 0.858. The molecule has 0 unspecified atom stereocenters. The van der Waals surface area contributed by atoms with E-state index in [0.29, 0.717) is 0 Å². The molecule has 0 bridgehead atoms. The fourth-order valence-corrected chi connectivity index (χ4v) is 5.74. The second-order valence-corrected chi connectivity index (χ2v) is 11.1. The number of hydrogen-bond donors (Lipinski definition) is 0. The first-order chi connectivity index (χ1) is 17.1. The highest BCUT2D eigenvalue weighted by atomic mass is 79.9. The molecule has 0 fully saturated rings. The van der Waals surface area contributed by atoms with Crippen LogP contribution in [0.15, 0.2) is 118 Å². The summed E-state index contributed by atoms with van der Waals surface area (Å²) in [6.07, 6.45) is 0. The number of anilines is 3. The Balaban J connectivity index is 1.55. The lowest BCUT2D eigenvalue weighted by atomic mass is 10.0. The van der Waals surface area contributed by atoms with Crippen molar-refractivity contribution in [2.24, 2.45) is 0 Å². The van der Waals surface area contributed by atoms with Crippen molar-refractivity contribution >= 4 is 97.2 Å². The third-order valence-corrected chi connectivity index (χ3v) is 8.02. The van der Waals surface area contributed by atoms with Crippen LogP contribution in [-0.4, -0.2) is 0 Å². The van der Waals surface area contributed by atoms with Crippen molar-refractivity contribution in [1.82, 2.24) is 0 Å². The van der Waals surface area contributed by atoms with E-state index < -0.39 is 0 Å². The van der Waals surface area contributed by atoms with Crippen LogP contribution in [0.5, 0.6) is 0 Å². The lowest BCUT2D eigenvalue weighted by Gasteiger charge is -2.26. The zero-order valence-corrected chi connectivity index (χ0v) is 23.4. The molecule has 0 amide bonds. The molecule has 0 aromatic heterocycles. The maximum atomic E-state index is 3.60. The minimum Gasteiger partial charge on any atom is -0.310 e. The Morgan fingerprint density at radius 2 is 0.800 bits per heavy atom. The van der Waals surface area contributed by atoms with E-state index in [2.05, 4.69) is 162 Å². The smallest absolute Gasteiger partial charge is 0.0468 e. The van der Waals surface area contributed by atoms with Crippen molar-refractivity contribution < 1.29 is 0 Å². The van der Waals surface area contributed by atoms with E-state index in [1.807, 2.05) is 0 Å². The summed E-state index contributed by atoms with van der Waals surface area (Å²) in [5, 5.41) is 8.19. The molecule has 0 spiro atoms. The summed E-state index contributed by atoms with van der Waals surface area (Å²) in [6.45, 7) is 0. The van der Waals surface area contributed by atoms with Gasteiger partial charge in [0.15, 0.2) is 0 Å². The predicted molar refractivity (Wildman–Crippen MR) is 162 cm³/mol. The van der Waals surface area contributed by atoms with Crippen LogP contribution in [0.2, 0.25) is 0 Å². The van der Waals surface area contributed by atoms with Gasteiger partial charge >= 0.3 is 0 Å². The Labute approximate surface area is 229 Å². The topological polar surface area (TPSA) is 3.24 Å². The molecule has 0 N–H and O–H groups in total. The fourth-order valence-electron chi connectivity index (χ4n) is 4.64. The van der Waals surface area contributed by atoms with E-state index in [1.54, 1.807) is 0 Å². The van der Waals surface area contributed by atoms with Crippen molar-refractivity contribution in [3.63, 3.8) is 0 Å². The van der Waals surface area contributed by atoms with Gasteiger partial charge in [0, 0.05) is 31.3 Å². The number of alkyl halides is 1. The third-order valence-electron chi connectivity index (χ3n) is 6.39. The second-order valence-electron chi connectivity index (χ2n) is 8.69. The number of fused-ring (bicyclic) bond motifs is 3. The van der Waals surface area contributed by atoms with Gasteiger partial charge in [-0.25, -0.2) is 0 Å². The Bertz CT molecular complexity index is 1640. The maximum absolute atomic E-state index is 3.60. The molecule has 0 saturated carbocycles. The van der Waals surface area contributed by atoms with Crippen molar-refractivity contribution in [1.29, 1.82) is 0 Å². The standard InChI is InChI=1S/C31H20Br3N/c32-19-20-1-2-24-16-29(10-5-21(24)13-20)35(30-11-6-22-14-27(33)8-3-25(22)17-30)31-12-7-23-15-28(34)9-4-26(23)18-31/h1-18H,19H2. The Morgan fingerprint density at radius 3 is 1.26 bits per heavy atom. The first-order valence-corrected chi connectivity index (χ1v) is 14.1. The van der Waals surface area contributed by atoms with Gasteiger partial charge in [0.2, 0.25) is 0 Å². The van der Waals surface area contributed by atoms with Gasteiger partial charge in [-0.05, 0) is 98.5 Å². The summed E-state index contributed by atoms with van der Waals surface area (Å²) in [4.78, 5) is 2.35. The molecule has 0 aliphatic carbocycles. The average molecular weight is 646 g/mol. The van der Waals surface area contributed by atoms with Crippen molar-refractivity contribution in [3.8, 4) is 0 Å². The molecule has 0 heterocycles. The predicted octanol–water partition coefficient (Wildman–Crippen LogP) is 11.0. The largest absolute Gasteiger partial charge is 0.310 e. The monoisotopic (exact) mass is 643 g/mol. The molecule has 6 rings (SSSR count). The molecular weight excluding hydrogens is 626 g/mol. The normalized spacial score (nSPS) is 11.4. The first kappa shape index (κ1) is 22.8. The first-order valence-electron chi connectivity index (χ1n) is 11.3. The fraction of sp³-hybridized carbons (Fsp3) is 0.0323. The molecule has 6 aromatic rings. The minimum atomic E-state index is 0.858. The molecule has 0 aliphatic heterocycles. The Hall–Kier alpha value is -2.66. The zero-order valence-electron chi connectivity index (χ0n) is 18.7. The van der Waals surface area contributed by atoms with Gasteiger partial charge in [-0.15, -0.1) is 0 Å². The van der Waals surface area contributed by atoms with Gasteiger partial charge in [0.1, 0.15) is 0 Å². The summed E-state index contributed by atoms with van der Waals surface area (Å²) in [7, 11) is 0. The van der Waals surface area contributed by atoms with Crippen LogP contribution in [0, 0.1) is 0 Å². The van der Waals surface area contributed by atoms with Crippen molar-refractivity contribution in [2.75, 3.05) is 4.90 Å². The summed E-state index contributed by atoms with van der Waals surface area (Å²) in [5.41, 5.74) is 4.68. The molecule has 35 heavy (non-hydrogen) atoms. The highest BCUT2D eigenvalue weighted by Gasteiger charge is 2.15. The number of hydrogen-bond acceptors (Lipinski definition) is 1. The average Bonchev–Trinajstić information content (AvgIpc) is 2.88. The van der Waals surface area contributed by atoms with Crippen LogP contribution in [0.3, 0.4) is 0 Å². The van der Waals surface area contributed by atoms with Crippen LogP contribution < -0.4 is 4.90 Å². The van der Waals surface area contributed by atoms with Gasteiger partial charge < -0.3 is 4.90 Å². The summed E-state index contributed by atoms with van der Waals surface area (Å²) in [6, 6.07) is 39.6. The number of halogens is 3. The van der Waals surface area contributed by atoms with Crippen LogP contribution >= 0.6 is 47.8 Å². The Kier molecular flexibility index (Phi) is 6.13. The summed E-state index contributed by atoms with van der Waals surface area (Å²) >= 11 is 10.8. The second kappa shape index (κ2) is 9.42. The maximum Gasteiger partial charge on any atom is 0.0468 e. The van der Waals surface area contributed by atoms with E-state index in [1.165, 1.54) is 37.9 Å². The van der Waals surface area contributed by atoms with Crippen LogP contribution in [0.25, 0.3) is 32.3 Å². The highest BCUT2D eigenvalue weighted by molar-refractivity contribution is 9.10. The summed E-state index contributed by atoms with van der Waals surface area (Å²) in [5.74, 6) is 0.